The van der Waals surface area contributed by atoms with E-state index in [1.807, 2.05) is 49.4 Å². The first-order chi connectivity index (χ1) is 12.6. The maximum absolute atomic E-state index is 12.7. The second-order valence-corrected chi connectivity index (χ2v) is 6.39. The average Bonchev–Trinajstić information content (AvgIpc) is 3.17. The number of hydrogen-bond donors (Lipinski definition) is 2. The number of amides is 1. The molecule has 6 heteroatoms. The van der Waals surface area contributed by atoms with Crippen molar-refractivity contribution in [1.29, 1.82) is 0 Å². The lowest BCUT2D eigenvalue weighted by atomic mass is 9.98. The van der Waals surface area contributed by atoms with Crippen LogP contribution in [-0.4, -0.2) is 10.9 Å². The lowest BCUT2D eigenvalue weighted by Crippen LogP contribution is -2.29. The number of nitrogens with zero attached hydrogens (tertiary/aromatic N) is 1. The summed E-state index contributed by atoms with van der Waals surface area (Å²) in [5, 5.41) is 3.65. The van der Waals surface area contributed by atoms with Gasteiger partial charge in [-0.15, -0.1) is 0 Å². The van der Waals surface area contributed by atoms with Gasteiger partial charge in [-0.3, -0.25) is 4.79 Å². The molecule has 3 N–H and O–H groups in total. The van der Waals surface area contributed by atoms with E-state index in [2.05, 4.69) is 10.3 Å². The van der Waals surface area contributed by atoms with Crippen LogP contribution in [0.1, 0.15) is 52.9 Å². The molecule has 0 aliphatic heterocycles. The highest BCUT2D eigenvalue weighted by Crippen LogP contribution is 2.24. The van der Waals surface area contributed by atoms with E-state index in [0.717, 1.165) is 11.1 Å². The molecule has 2 atom stereocenters. The zero-order valence-corrected chi connectivity index (χ0v) is 15.1. The maximum atomic E-state index is 12.7. The van der Waals surface area contributed by atoms with Crippen LogP contribution in [0.5, 0.6) is 0 Å². The Morgan fingerprint density at radius 2 is 1.81 bits per heavy atom. The molecular formula is C20H20ClN3O2. The predicted molar refractivity (Wildman–Crippen MR) is 101 cm³/mol. The summed E-state index contributed by atoms with van der Waals surface area (Å²) in [4.78, 5) is 16.9. The Hall–Kier alpha value is -2.63. The number of hydrogen-bond acceptors (Lipinski definition) is 4. The van der Waals surface area contributed by atoms with Crippen molar-refractivity contribution in [2.24, 2.45) is 5.73 Å². The van der Waals surface area contributed by atoms with Crippen LogP contribution in [-0.2, 0) is 0 Å². The monoisotopic (exact) mass is 369 g/mol. The second kappa shape index (κ2) is 8.17. The molecule has 0 spiro atoms. The molecule has 0 radical (unpaired) electrons. The van der Waals surface area contributed by atoms with Gasteiger partial charge < -0.3 is 15.5 Å². The molecule has 3 aromatic rings. The summed E-state index contributed by atoms with van der Waals surface area (Å²) in [6, 6.07) is 16.4. The van der Waals surface area contributed by atoms with Crippen molar-refractivity contribution in [3.05, 3.63) is 88.6 Å². The minimum absolute atomic E-state index is 0.207. The summed E-state index contributed by atoms with van der Waals surface area (Å²) in [6.07, 6.45) is 2.02. The van der Waals surface area contributed by atoms with Crippen molar-refractivity contribution < 1.29 is 9.21 Å². The fourth-order valence-corrected chi connectivity index (χ4v) is 2.73. The molecule has 3 rings (SSSR count). The summed E-state index contributed by atoms with van der Waals surface area (Å²) in [5.41, 5.74) is 7.99. The topological polar surface area (TPSA) is 81.1 Å². The van der Waals surface area contributed by atoms with Crippen molar-refractivity contribution in [3.63, 3.8) is 0 Å². The van der Waals surface area contributed by atoms with Crippen molar-refractivity contribution >= 4 is 17.5 Å². The molecule has 2 aromatic carbocycles. The van der Waals surface area contributed by atoms with Crippen LogP contribution in [0.25, 0.3) is 0 Å². The van der Waals surface area contributed by atoms with Crippen LogP contribution < -0.4 is 11.1 Å². The SMILES string of the molecule is CCC(N)c1nc(C(=O)NC(c2ccccc2)c2ccc(Cl)cc2)co1. The van der Waals surface area contributed by atoms with Crippen LogP contribution in [0.3, 0.4) is 0 Å². The molecule has 0 saturated heterocycles. The molecule has 1 amide bonds. The number of nitrogens with one attached hydrogen (secondary N) is 1. The molecule has 0 bridgehead atoms. The number of rotatable bonds is 6. The number of oxazole rings is 1. The summed E-state index contributed by atoms with van der Waals surface area (Å²) >= 11 is 5.99. The number of carbonyl (C=O) groups is 1. The number of nitrogens with two attached hydrogens (primary N) is 1. The van der Waals surface area contributed by atoms with Crippen molar-refractivity contribution in [1.82, 2.24) is 10.3 Å². The van der Waals surface area contributed by atoms with Crippen molar-refractivity contribution in [3.8, 4) is 0 Å². The smallest absolute Gasteiger partial charge is 0.273 e. The molecule has 0 fully saturated rings. The molecule has 2 unspecified atom stereocenters. The Morgan fingerprint density at radius 1 is 1.15 bits per heavy atom. The van der Waals surface area contributed by atoms with Crippen LogP contribution in [0, 0.1) is 0 Å². The molecule has 0 aliphatic carbocycles. The molecule has 1 aromatic heterocycles. The van der Waals surface area contributed by atoms with Gasteiger partial charge in [0, 0.05) is 5.02 Å². The zero-order chi connectivity index (χ0) is 18.5. The van der Waals surface area contributed by atoms with Crippen LogP contribution in [0.4, 0.5) is 0 Å². The Labute approximate surface area is 157 Å². The molecule has 1 heterocycles. The van der Waals surface area contributed by atoms with Crippen molar-refractivity contribution in [2.75, 3.05) is 0 Å². The van der Waals surface area contributed by atoms with Gasteiger partial charge in [0.25, 0.3) is 5.91 Å². The maximum Gasteiger partial charge on any atom is 0.273 e. The van der Waals surface area contributed by atoms with Crippen LogP contribution >= 0.6 is 11.6 Å². The highest BCUT2D eigenvalue weighted by Gasteiger charge is 2.21. The molecule has 26 heavy (non-hydrogen) atoms. The van der Waals surface area contributed by atoms with Gasteiger partial charge in [-0.25, -0.2) is 4.98 Å². The van der Waals surface area contributed by atoms with Gasteiger partial charge in [-0.1, -0.05) is 61.0 Å². The Bertz CT molecular complexity index is 862. The van der Waals surface area contributed by atoms with Gasteiger partial charge in [0.2, 0.25) is 5.89 Å². The van der Waals surface area contributed by atoms with Gasteiger partial charge in [-0.2, -0.15) is 0 Å². The normalized spacial score (nSPS) is 13.2. The largest absolute Gasteiger partial charge is 0.446 e. The third kappa shape index (κ3) is 4.12. The Kier molecular flexibility index (Phi) is 5.71. The minimum atomic E-state index is -0.332. The van der Waals surface area contributed by atoms with Gasteiger partial charge in [0.1, 0.15) is 6.26 Å². The highest BCUT2D eigenvalue weighted by molar-refractivity contribution is 6.30. The van der Waals surface area contributed by atoms with Crippen molar-refractivity contribution in [2.45, 2.75) is 25.4 Å². The average molecular weight is 370 g/mol. The summed E-state index contributed by atoms with van der Waals surface area (Å²) in [5.74, 6) is 0.0347. The second-order valence-electron chi connectivity index (χ2n) is 5.95. The predicted octanol–water partition coefficient (Wildman–Crippen LogP) is 4.26. The van der Waals surface area contributed by atoms with E-state index in [-0.39, 0.29) is 23.7 Å². The van der Waals surface area contributed by atoms with E-state index in [9.17, 15) is 4.79 Å². The Balaban J connectivity index is 1.87. The molecule has 134 valence electrons. The van der Waals surface area contributed by atoms with Gasteiger partial charge >= 0.3 is 0 Å². The molecule has 0 saturated carbocycles. The number of carbonyl (C=O) groups excluding carboxylic acids is 1. The third-order valence-electron chi connectivity index (χ3n) is 4.12. The summed E-state index contributed by atoms with van der Waals surface area (Å²) in [6.45, 7) is 1.93. The highest BCUT2D eigenvalue weighted by atomic mass is 35.5. The molecule has 0 aliphatic rings. The number of halogens is 1. The van der Waals surface area contributed by atoms with E-state index >= 15 is 0 Å². The fraction of sp³-hybridized carbons (Fsp3) is 0.200. The first kappa shape index (κ1) is 18.2. The molecule has 5 nitrogen and oxygen atoms in total. The van der Waals surface area contributed by atoms with Crippen LogP contribution in [0.15, 0.2) is 65.3 Å². The fourth-order valence-electron chi connectivity index (χ4n) is 2.60. The standard InChI is InChI=1S/C20H20ClN3O2/c1-2-16(22)20-23-17(12-26-20)19(25)24-18(13-6-4-3-5-7-13)14-8-10-15(21)11-9-14/h3-12,16,18H,2,22H2,1H3,(H,24,25). The third-order valence-corrected chi connectivity index (χ3v) is 4.38. The van der Waals surface area contributed by atoms with Gasteiger partial charge in [0.05, 0.1) is 12.1 Å². The zero-order valence-electron chi connectivity index (χ0n) is 14.4. The minimum Gasteiger partial charge on any atom is -0.446 e. The van der Waals surface area contributed by atoms with E-state index in [1.54, 1.807) is 12.1 Å². The van der Waals surface area contributed by atoms with E-state index < -0.39 is 0 Å². The van der Waals surface area contributed by atoms with Gasteiger partial charge in [-0.05, 0) is 29.7 Å². The first-order valence-electron chi connectivity index (χ1n) is 8.40. The number of benzene rings is 2. The summed E-state index contributed by atoms with van der Waals surface area (Å²) in [7, 11) is 0. The van der Waals surface area contributed by atoms with Crippen LogP contribution in [0.2, 0.25) is 5.02 Å². The molecular weight excluding hydrogens is 350 g/mol. The van der Waals surface area contributed by atoms with E-state index in [4.69, 9.17) is 21.8 Å². The number of aromatic nitrogens is 1. The lowest BCUT2D eigenvalue weighted by molar-refractivity contribution is 0.0938. The summed E-state index contributed by atoms with van der Waals surface area (Å²) < 4.78 is 5.33. The Morgan fingerprint density at radius 3 is 2.46 bits per heavy atom. The lowest BCUT2D eigenvalue weighted by Gasteiger charge is -2.19. The first-order valence-corrected chi connectivity index (χ1v) is 8.78. The van der Waals surface area contributed by atoms with Gasteiger partial charge in [0.15, 0.2) is 5.69 Å². The van der Waals surface area contributed by atoms with E-state index in [1.165, 1.54) is 6.26 Å². The van der Waals surface area contributed by atoms with E-state index in [0.29, 0.717) is 17.3 Å². The quantitative estimate of drug-likeness (QED) is 0.680.